The maximum absolute atomic E-state index is 5.93. The number of hydrogen-bond acceptors (Lipinski definition) is 3. The van der Waals surface area contributed by atoms with E-state index in [1.165, 1.54) is 10.5 Å². The average molecular weight is 280 g/mol. The molecule has 0 saturated carbocycles. The van der Waals surface area contributed by atoms with Crippen LogP contribution in [0.2, 0.25) is 5.15 Å². The molecule has 2 nitrogen and oxygen atoms in total. The zero-order chi connectivity index (χ0) is 9.97. The highest BCUT2D eigenvalue weighted by Gasteiger charge is 2.19. The lowest BCUT2D eigenvalue weighted by molar-refractivity contribution is -0.00000293. The van der Waals surface area contributed by atoms with Crippen LogP contribution in [0.5, 0.6) is 5.75 Å². The molecule has 2 rings (SSSR count). The SMILES string of the molecule is COc1ccc(-c2[s+]snc2Cl)cc1.[Cl-]. The molecule has 0 aliphatic heterocycles. The van der Waals surface area contributed by atoms with Crippen LogP contribution in [0.1, 0.15) is 0 Å². The molecule has 80 valence electrons. The molecule has 0 amide bonds. The van der Waals surface area contributed by atoms with Crippen LogP contribution in [0.25, 0.3) is 10.4 Å². The summed E-state index contributed by atoms with van der Waals surface area (Å²) in [6.45, 7) is 0. The second-order valence-corrected chi connectivity index (χ2v) is 4.81. The zero-order valence-corrected chi connectivity index (χ0v) is 10.9. The van der Waals surface area contributed by atoms with Gasteiger partial charge >= 0.3 is 10.3 Å². The number of benzene rings is 1. The number of rotatable bonds is 2. The number of aromatic nitrogens is 1. The van der Waals surface area contributed by atoms with Gasteiger partial charge in [-0.2, -0.15) is 0 Å². The van der Waals surface area contributed by atoms with Crippen molar-refractivity contribution in [1.29, 1.82) is 0 Å². The van der Waals surface area contributed by atoms with Crippen LogP contribution in [-0.4, -0.2) is 11.5 Å². The highest BCUT2D eigenvalue weighted by Crippen LogP contribution is 2.34. The molecular weight excluding hydrogens is 273 g/mol. The third-order valence-corrected chi connectivity index (χ3v) is 4.14. The van der Waals surface area contributed by atoms with E-state index in [9.17, 15) is 0 Å². The fourth-order valence-corrected chi connectivity index (χ4v) is 3.42. The number of ether oxygens (including phenoxy) is 1. The second kappa shape index (κ2) is 5.61. The van der Waals surface area contributed by atoms with Gasteiger partial charge in [0.25, 0.3) is 15.4 Å². The number of hydrogen-bond donors (Lipinski definition) is 0. The van der Waals surface area contributed by atoms with Gasteiger partial charge in [0.2, 0.25) is 5.15 Å². The monoisotopic (exact) mass is 279 g/mol. The first-order valence-electron chi connectivity index (χ1n) is 3.90. The number of halogens is 2. The first-order chi connectivity index (χ1) is 6.81. The van der Waals surface area contributed by atoms with Crippen molar-refractivity contribution in [1.82, 2.24) is 4.37 Å². The molecule has 15 heavy (non-hydrogen) atoms. The fraction of sp³-hybridized carbons (Fsp3) is 0.111. The molecule has 0 aliphatic carbocycles. The summed E-state index contributed by atoms with van der Waals surface area (Å²) < 4.78 is 9.10. The lowest BCUT2D eigenvalue weighted by Crippen LogP contribution is -3.00. The summed E-state index contributed by atoms with van der Waals surface area (Å²) in [5.41, 5.74) is 1.08. The van der Waals surface area contributed by atoms with E-state index in [1.807, 2.05) is 24.3 Å². The van der Waals surface area contributed by atoms with E-state index in [1.54, 1.807) is 17.5 Å². The molecule has 0 unspecified atom stereocenters. The summed E-state index contributed by atoms with van der Waals surface area (Å²) in [5.74, 6) is 0.845. The fourth-order valence-electron chi connectivity index (χ4n) is 1.07. The molecule has 2 aromatic rings. The molecule has 0 fully saturated rings. The Morgan fingerprint density at radius 2 is 2.00 bits per heavy atom. The van der Waals surface area contributed by atoms with Gasteiger partial charge in [-0.15, -0.1) is 4.37 Å². The third kappa shape index (κ3) is 2.78. The van der Waals surface area contributed by atoms with Gasteiger partial charge in [-0.25, -0.2) is 0 Å². The van der Waals surface area contributed by atoms with Crippen molar-refractivity contribution in [2.75, 3.05) is 7.11 Å². The first kappa shape index (κ1) is 12.6. The van der Waals surface area contributed by atoms with Crippen LogP contribution in [0.3, 0.4) is 0 Å². The van der Waals surface area contributed by atoms with E-state index in [0.29, 0.717) is 5.15 Å². The molecule has 1 aromatic carbocycles. The Hall–Kier alpha value is -0.420. The highest BCUT2D eigenvalue weighted by molar-refractivity contribution is 7.68. The Morgan fingerprint density at radius 1 is 1.33 bits per heavy atom. The standard InChI is InChI=1S/C9H7ClNOS2.ClH/c1-12-7-4-2-6(3-5-7)8-9(10)11-14-13-8;/h2-5H,1H3;1H/q+1;/p-1. The Morgan fingerprint density at radius 3 is 2.47 bits per heavy atom. The molecule has 1 heterocycles. The Labute approximate surface area is 106 Å². The molecule has 0 spiro atoms. The summed E-state index contributed by atoms with van der Waals surface area (Å²) in [7, 11) is 4.62. The van der Waals surface area contributed by atoms with Crippen molar-refractivity contribution >= 4 is 32.5 Å². The lowest BCUT2D eigenvalue weighted by atomic mass is 10.2. The van der Waals surface area contributed by atoms with E-state index >= 15 is 0 Å². The Balaban J connectivity index is 0.00000112. The van der Waals surface area contributed by atoms with Crippen LogP contribution < -0.4 is 17.1 Å². The van der Waals surface area contributed by atoms with Crippen LogP contribution in [0.4, 0.5) is 0 Å². The van der Waals surface area contributed by atoms with E-state index in [0.717, 1.165) is 16.2 Å². The van der Waals surface area contributed by atoms with Crippen LogP contribution >= 0.6 is 32.5 Å². The normalized spacial score (nSPS) is 9.47. The Bertz CT molecular complexity index is 430. The third-order valence-electron chi connectivity index (χ3n) is 1.78. The van der Waals surface area contributed by atoms with Gasteiger partial charge < -0.3 is 17.1 Å². The summed E-state index contributed by atoms with van der Waals surface area (Å²) in [6.07, 6.45) is 0. The van der Waals surface area contributed by atoms with E-state index in [2.05, 4.69) is 4.37 Å². The van der Waals surface area contributed by atoms with Gasteiger partial charge in [-0.1, -0.05) is 11.6 Å². The molecule has 0 radical (unpaired) electrons. The topological polar surface area (TPSA) is 22.1 Å². The van der Waals surface area contributed by atoms with Crippen molar-refractivity contribution in [3.8, 4) is 16.2 Å². The quantitative estimate of drug-likeness (QED) is 0.600. The van der Waals surface area contributed by atoms with Crippen LogP contribution in [-0.2, 0) is 0 Å². The minimum absolute atomic E-state index is 0. The van der Waals surface area contributed by atoms with Crippen molar-refractivity contribution in [3.63, 3.8) is 0 Å². The molecule has 0 aliphatic rings. The molecule has 0 bridgehead atoms. The minimum atomic E-state index is 0. The van der Waals surface area contributed by atoms with E-state index in [4.69, 9.17) is 16.3 Å². The first-order valence-corrected chi connectivity index (χ1v) is 6.38. The minimum Gasteiger partial charge on any atom is -1.00 e. The van der Waals surface area contributed by atoms with Crippen molar-refractivity contribution < 1.29 is 17.1 Å². The number of methoxy groups -OCH3 is 1. The van der Waals surface area contributed by atoms with Crippen LogP contribution in [0, 0.1) is 0 Å². The van der Waals surface area contributed by atoms with Gasteiger partial charge in [0.05, 0.1) is 7.11 Å². The van der Waals surface area contributed by atoms with Gasteiger partial charge in [0.1, 0.15) is 5.75 Å². The summed E-state index contributed by atoms with van der Waals surface area (Å²) in [4.78, 5) is 1.01. The van der Waals surface area contributed by atoms with E-state index in [-0.39, 0.29) is 12.4 Å². The zero-order valence-electron chi connectivity index (χ0n) is 7.74. The molecule has 6 heteroatoms. The van der Waals surface area contributed by atoms with Gasteiger partial charge in [-0.05, 0) is 24.3 Å². The summed E-state index contributed by atoms with van der Waals surface area (Å²) >= 11 is 5.93. The molecule has 0 atom stereocenters. The molecule has 1 aromatic heterocycles. The molecule has 0 N–H and O–H groups in total. The van der Waals surface area contributed by atoms with E-state index < -0.39 is 0 Å². The molecule has 0 saturated heterocycles. The smallest absolute Gasteiger partial charge is 0.325 e. The second-order valence-electron chi connectivity index (χ2n) is 2.60. The highest BCUT2D eigenvalue weighted by atomic mass is 35.5. The molecular formula is C9H7Cl2NOS2. The lowest BCUT2D eigenvalue weighted by Gasteiger charge is -1.97. The summed E-state index contributed by atoms with van der Waals surface area (Å²) in [6, 6.07) is 7.78. The average Bonchev–Trinajstić information content (AvgIpc) is 2.65. The van der Waals surface area contributed by atoms with Crippen molar-refractivity contribution in [3.05, 3.63) is 29.4 Å². The maximum Gasteiger partial charge on any atom is 0.325 e. The predicted octanol–water partition coefficient (Wildman–Crippen LogP) is 0.819. The summed E-state index contributed by atoms with van der Waals surface area (Å²) in [5, 5.41) is 0.574. The van der Waals surface area contributed by atoms with Gasteiger partial charge in [-0.3, -0.25) is 0 Å². The van der Waals surface area contributed by atoms with Gasteiger partial charge in [0, 0.05) is 5.56 Å². The Kier molecular flexibility index (Phi) is 4.73. The largest absolute Gasteiger partial charge is 1.00 e. The maximum atomic E-state index is 5.93. The van der Waals surface area contributed by atoms with Crippen molar-refractivity contribution in [2.24, 2.45) is 0 Å². The van der Waals surface area contributed by atoms with Gasteiger partial charge in [0.15, 0.2) is 0 Å². The van der Waals surface area contributed by atoms with Crippen LogP contribution in [0.15, 0.2) is 24.3 Å². The van der Waals surface area contributed by atoms with Crippen molar-refractivity contribution in [2.45, 2.75) is 0 Å². The number of nitrogens with zero attached hydrogens (tertiary/aromatic N) is 1. The predicted molar refractivity (Wildman–Crippen MR) is 61.4 cm³/mol.